The Bertz CT molecular complexity index is 336. The van der Waals surface area contributed by atoms with E-state index in [1.165, 1.54) is 5.56 Å². The quantitative estimate of drug-likeness (QED) is 0.857. The minimum Gasteiger partial charge on any atom is -0.367 e. The summed E-state index contributed by atoms with van der Waals surface area (Å²) in [6.07, 6.45) is 0.452. The Labute approximate surface area is 102 Å². The third-order valence-electron chi connectivity index (χ3n) is 3.00. The Balaban J connectivity index is 2.06. The van der Waals surface area contributed by atoms with Crippen LogP contribution in [0.1, 0.15) is 25.5 Å². The summed E-state index contributed by atoms with van der Waals surface area (Å²) in [6.45, 7) is 6.21. The molecule has 0 aromatic heterocycles. The van der Waals surface area contributed by atoms with Crippen molar-refractivity contribution >= 4 is 11.6 Å². The molecule has 2 unspecified atom stereocenters. The lowest BCUT2D eigenvalue weighted by Crippen LogP contribution is -2.43. The van der Waals surface area contributed by atoms with E-state index >= 15 is 0 Å². The van der Waals surface area contributed by atoms with E-state index in [0.29, 0.717) is 12.0 Å². The molecule has 1 saturated heterocycles. The SMILES string of the molecule is CC(C)C1CNCC(c2ccc(Cl)cc2)O1. The van der Waals surface area contributed by atoms with Crippen molar-refractivity contribution in [2.75, 3.05) is 13.1 Å². The van der Waals surface area contributed by atoms with E-state index in [1.807, 2.05) is 24.3 Å². The van der Waals surface area contributed by atoms with Crippen LogP contribution in [0.4, 0.5) is 0 Å². The molecule has 88 valence electrons. The van der Waals surface area contributed by atoms with Crippen LogP contribution < -0.4 is 5.32 Å². The van der Waals surface area contributed by atoms with E-state index in [0.717, 1.165) is 18.1 Å². The smallest absolute Gasteiger partial charge is 0.0953 e. The molecule has 0 saturated carbocycles. The first-order chi connectivity index (χ1) is 7.66. The van der Waals surface area contributed by atoms with Gasteiger partial charge in [-0.05, 0) is 23.6 Å². The molecule has 0 aliphatic carbocycles. The number of nitrogens with one attached hydrogen (secondary N) is 1. The van der Waals surface area contributed by atoms with E-state index in [2.05, 4.69) is 19.2 Å². The highest BCUT2D eigenvalue weighted by Crippen LogP contribution is 2.25. The van der Waals surface area contributed by atoms with E-state index in [1.54, 1.807) is 0 Å². The van der Waals surface area contributed by atoms with Crippen molar-refractivity contribution in [1.82, 2.24) is 5.32 Å². The van der Waals surface area contributed by atoms with Gasteiger partial charge in [0.05, 0.1) is 12.2 Å². The number of ether oxygens (including phenoxy) is 1. The number of hydrogen-bond acceptors (Lipinski definition) is 2. The Morgan fingerprint density at radius 2 is 1.94 bits per heavy atom. The van der Waals surface area contributed by atoms with Gasteiger partial charge in [0.15, 0.2) is 0 Å². The molecule has 1 aliphatic rings. The predicted octanol–water partition coefficient (Wildman–Crippen LogP) is 3.03. The van der Waals surface area contributed by atoms with Gasteiger partial charge in [0.2, 0.25) is 0 Å². The van der Waals surface area contributed by atoms with Crippen LogP contribution in [0, 0.1) is 5.92 Å². The van der Waals surface area contributed by atoms with E-state index in [-0.39, 0.29) is 6.10 Å². The van der Waals surface area contributed by atoms with E-state index < -0.39 is 0 Å². The van der Waals surface area contributed by atoms with Crippen LogP contribution in [0.3, 0.4) is 0 Å². The summed E-state index contributed by atoms with van der Waals surface area (Å²) in [6, 6.07) is 7.91. The first-order valence-corrected chi connectivity index (χ1v) is 6.16. The fraction of sp³-hybridized carbons (Fsp3) is 0.538. The van der Waals surface area contributed by atoms with Gasteiger partial charge in [-0.3, -0.25) is 0 Å². The first kappa shape index (κ1) is 11.9. The van der Waals surface area contributed by atoms with E-state index in [4.69, 9.17) is 16.3 Å². The van der Waals surface area contributed by atoms with Crippen LogP contribution in [0.25, 0.3) is 0 Å². The lowest BCUT2D eigenvalue weighted by molar-refractivity contribution is -0.0603. The number of halogens is 1. The van der Waals surface area contributed by atoms with Crippen molar-refractivity contribution < 1.29 is 4.74 Å². The number of benzene rings is 1. The normalized spacial score (nSPS) is 26.0. The molecule has 1 N–H and O–H groups in total. The Morgan fingerprint density at radius 3 is 2.56 bits per heavy atom. The van der Waals surface area contributed by atoms with Crippen molar-refractivity contribution in [2.24, 2.45) is 5.92 Å². The summed E-state index contributed by atoms with van der Waals surface area (Å²) in [4.78, 5) is 0. The summed E-state index contributed by atoms with van der Waals surface area (Å²) in [5.74, 6) is 0.544. The lowest BCUT2D eigenvalue weighted by Gasteiger charge is -2.33. The minimum absolute atomic E-state index is 0.151. The summed E-state index contributed by atoms with van der Waals surface area (Å²) < 4.78 is 6.07. The molecule has 1 aromatic carbocycles. The molecular weight excluding hydrogens is 222 g/mol. The van der Waals surface area contributed by atoms with Crippen molar-refractivity contribution in [2.45, 2.75) is 26.1 Å². The van der Waals surface area contributed by atoms with Crippen molar-refractivity contribution in [3.8, 4) is 0 Å². The molecule has 3 heteroatoms. The highest BCUT2D eigenvalue weighted by Gasteiger charge is 2.25. The molecule has 2 nitrogen and oxygen atoms in total. The van der Waals surface area contributed by atoms with Gasteiger partial charge in [-0.25, -0.2) is 0 Å². The van der Waals surface area contributed by atoms with Gasteiger partial charge in [0.1, 0.15) is 0 Å². The maximum atomic E-state index is 6.07. The van der Waals surface area contributed by atoms with Crippen molar-refractivity contribution in [1.29, 1.82) is 0 Å². The van der Waals surface area contributed by atoms with Gasteiger partial charge in [0.25, 0.3) is 0 Å². The highest BCUT2D eigenvalue weighted by atomic mass is 35.5. The molecule has 0 spiro atoms. The summed E-state index contributed by atoms with van der Waals surface area (Å²) >= 11 is 5.87. The molecule has 0 amide bonds. The van der Waals surface area contributed by atoms with Crippen LogP contribution in [-0.2, 0) is 4.74 Å². The van der Waals surface area contributed by atoms with Gasteiger partial charge in [-0.2, -0.15) is 0 Å². The van der Waals surface area contributed by atoms with Crippen LogP contribution in [-0.4, -0.2) is 19.2 Å². The molecule has 1 aromatic rings. The van der Waals surface area contributed by atoms with Gasteiger partial charge in [0, 0.05) is 18.1 Å². The third kappa shape index (κ3) is 2.76. The van der Waals surface area contributed by atoms with Crippen molar-refractivity contribution in [3.05, 3.63) is 34.9 Å². The predicted molar refractivity (Wildman–Crippen MR) is 66.8 cm³/mol. The Hall–Kier alpha value is -0.570. The molecule has 1 heterocycles. The highest BCUT2D eigenvalue weighted by molar-refractivity contribution is 6.30. The molecule has 16 heavy (non-hydrogen) atoms. The molecule has 2 rings (SSSR count). The summed E-state index contributed by atoms with van der Waals surface area (Å²) in [5.41, 5.74) is 1.20. The minimum atomic E-state index is 0.151. The number of hydrogen-bond donors (Lipinski definition) is 1. The Kier molecular flexibility index (Phi) is 3.85. The van der Waals surface area contributed by atoms with Gasteiger partial charge in [-0.15, -0.1) is 0 Å². The molecule has 0 radical (unpaired) electrons. The standard InChI is InChI=1S/C13H18ClNO/c1-9(2)12-7-15-8-13(16-12)10-3-5-11(14)6-4-10/h3-6,9,12-13,15H,7-8H2,1-2H3. The average molecular weight is 240 g/mol. The summed E-state index contributed by atoms with van der Waals surface area (Å²) in [7, 11) is 0. The zero-order valence-electron chi connectivity index (χ0n) is 9.74. The molecule has 1 aliphatic heterocycles. The van der Waals surface area contributed by atoms with Gasteiger partial charge >= 0.3 is 0 Å². The number of morpholine rings is 1. The fourth-order valence-corrected chi connectivity index (χ4v) is 2.06. The lowest BCUT2D eigenvalue weighted by atomic mass is 10.0. The summed E-state index contributed by atoms with van der Waals surface area (Å²) in [5, 5.41) is 4.19. The van der Waals surface area contributed by atoms with Crippen molar-refractivity contribution in [3.63, 3.8) is 0 Å². The molecular formula is C13H18ClNO. The molecule has 1 fully saturated rings. The second-order valence-electron chi connectivity index (χ2n) is 4.62. The third-order valence-corrected chi connectivity index (χ3v) is 3.25. The molecule has 0 bridgehead atoms. The monoisotopic (exact) mass is 239 g/mol. The van der Waals surface area contributed by atoms with Crippen LogP contribution in [0.2, 0.25) is 5.02 Å². The first-order valence-electron chi connectivity index (χ1n) is 5.78. The second kappa shape index (κ2) is 5.17. The van der Waals surface area contributed by atoms with Gasteiger partial charge < -0.3 is 10.1 Å². The van der Waals surface area contributed by atoms with Gasteiger partial charge in [-0.1, -0.05) is 37.6 Å². The number of rotatable bonds is 2. The average Bonchev–Trinajstić information content (AvgIpc) is 2.30. The zero-order chi connectivity index (χ0) is 11.5. The fourth-order valence-electron chi connectivity index (χ4n) is 1.93. The maximum Gasteiger partial charge on any atom is 0.0953 e. The van der Waals surface area contributed by atoms with Crippen LogP contribution in [0.15, 0.2) is 24.3 Å². The zero-order valence-corrected chi connectivity index (χ0v) is 10.5. The molecule has 2 atom stereocenters. The maximum absolute atomic E-state index is 6.07. The largest absolute Gasteiger partial charge is 0.367 e. The van der Waals surface area contributed by atoms with E-state index in [9.17, 15) is 0 Å². The second-order valence-corrected chi connectivity index (χ2v) is 5.05. The van der Waals surface area contributed by atoms with Crippen LogP contribution in [0.5, 0.6) is 0 Å². The Morgan fingerprint density at radius 1 is 1.25 bits per heavy atom. The topological polar surface area (TPSA) is 21.3 Å². The van der Waals surface area contributed by atoms with Crippen LogP contribution >= 0.6 is 11.6 Å².